The van der Waals surface area contributed by atoms with Gasteiger partial charge >= 0.3 is 85.1 Å². The van der Waals surface area contributed by atoms with Crippen LogP contribution in [0.1, 0.15) is 19.8 Å². The maximum atomic E-state index is 9.39. The second-order valence-electron chi connectivity index (χ2n) is 3.69. The van der Waals surface area contributed by atoms with Crippen LogP contribution in [0, 0.1) is 0 Å². The fourth-order valence-electron chi connectivity index (χ4n) is 1.79. The van der Waals surface area contributed by atoms with Crippen LogP contribution in [0.2, 0.25) is 0 Å². The molecule has 3 atom stereocenters. The summed E-state index contributed by atoms with van der Waals surface area (Å²) in [6.07, 6.45) is 1.69. The van der Waals surface area contributed by atoms with E-state index in [1.54, 1.807) is 0 Å². The summed E-state index contributed by atoms with van der Waals surface area (Å²) in [5.74, 6) is 0. The van der Waals surface area contributed by atoms with Gasteiger partial charge in [-0.3, -0.25) is 0 Å². The molecule has 0 spiro atoms. The third-order valence-electron chi connectivity index (χ3n) is 2.50. The average molecular weight is 223 g/mol. The van der Waals surface area contributed by atoms with Crippen molar-refractivity contribution in [3.05, 3.63) is 0 Å². The molecular formula is C7H19BNO4P. The Bertz CT molecular complexity index is 195. The predicted octanol–water partition coefficient (Wildman–Crippen LogP) is -0.856. The van der Waals surface area contributed by atoms with Crippen molar-refractivity contribution in [1.29, 1.82) is 0 Å². The van der Waals surface area contributed by atoms with E-state index in [1.165, 1.54) is 7.11 Å². The Morgan fingerprint density at radius 1 is 1.64 bits per heavy atom. The molecule has 0 radical (unpaired) electrons. The van der Waals surface area contributed by atoms with Gasteiger partial charge in [-0.25, -0.2) is 0 Å². The van der Waals surface area contributed by atoms with Crippen molar-refractivity contribution in [2.45, 2.75) is 37.9 Å². The maximum absolute atomic E-state index is 9.39. The summed E-state index contributed by atoms with van der Waals surface area (Å²) in [6, 6.07) is 0.149. The van der Waals surface area contributed by atoms with Crippen LogP contribution in [0.3, 0.4) is 0 Å². The van der Waals surface area contributed by atoms with Crippen molar-refractivity contribution in [3.8, 4) is 0 Å². The van der Waals surface area contributed by atoms with Crippen LogP contribution in [0.5, 0.6) is 0 Å². The number of rotatable bonds is 4. The van der Waals surface area contributed by atoms with E-state index < -0.39 is 8.09 Å². The van der Waals surface area contributed by atoms with Crippen molar-refractivity contribution in [2.24, 2.45) is 0 Å². The Kier molecular flexibility index (Phi) is 4.31. The quantitative estimate of drug-likeness (QED) is 0.427. The van der Waals surface area contributed by atoms with Gasteiger partial charge < -0.3 is 0 Å². The Morgan fingerprint density at radius 3 is 2.79 bits per heavy atom. The zero-order valence-corrected chi connectivity index (χ0v) is 9.86. The van der Waals surface area contributed by atoms with Gasteiger partial charge in [0.1, 0.15) is 0 Å². The van der Waals surface area contributed by atoms with Crippen LogP contribution in [0.15, 0.2) is 0 Å². The predicted molar refractivity (Wildman–Crippen MR) is 58.8 cm³/mol. The van der Waals surface area contributed by atoms with E-state index in [0.717, 1.165) is 12.8 Å². The minimum absolute atomic E-state index is 0.0170. The zero-order valence-electron chi connectivity index (χ0n) is 8.86. The van der Waals surface area contributed by atoms with Crippen molar-refractivity contribution < 1.29 is 19.0 Å². The molecule has 3 N–H and O–H groups in total. The van der Waals surface area contributed by atoms with Crippen molar-refractivity contribution in [3.63, 3.8) is 0 Å². The molecule has 0 bridgehead atoms. The molecule has 0 aromatic carbocycles. The number of hydrogen-bond donors (Lipinski definition) is 3. The first-order chi connectivity index (χ1) is 6.48. The van der Waals surface area contributed by atoms with Gasteiger partial charge in [-0.05, 0) is 0 Å². The second kappa shape index (κ2) is 4.88. The summed E-state index contributed by atoms with van der Waals surface area (Å²) >= 11 is 0. The van der Waals surface area contributed by atoms with Crippen LogP contribution < -0.4 is 5.09 Å². The van der Waals surface area contributed by atoms with Gasteiger partial charge in [0.05, 0.1) is 0 Å². The van der Waals surface area contributed by atoms with E-state index in [9.17, 15) is 9.79 Å². The summed E-state index contributed by atoms with van der Waals surface area (Å²) in [6.45, 7) is 2.02. The topological polar surface area (TPSA) is 71.0 Å². The molecule has 0 aromatic rings. The van der Waals surface area contributed by atoms with Crippen LogP contribution in [0.4, 0.5) is 0 Å². The molecule has 84 valence electrons. The van der Waals surface area contributed by atoms with Gasteiger partial charge in [-0.15, -0.1) is 0 Å². The van der Waals surface area contributed by atoms with E-state index >= 15 is 0 Å². The molecule has 1 unspecified atom stereocenters. The van der Waals surface area contributed by atoms with E-state index in [0.29, 0.717) is 0 Å². The van der Waals surface area contributed by atoms with Crippen LogP contribution in [-0.2, 0) is 9.26 Å². The first-order valence-corrected chi connectivity index (χ1v) is 6.71. The van der Waals surface area contributed by atoms with Crippen LogP contribution in [-0.4, -0.2) is 42.9 Å². The molecule has 1 aliphatic rings. The zero-order chi connectivity index (χ0) is 10.8. The average Bonchev–Trinajstić information content (AvgIpc) is 2.45. The number of hydrogen-bond acceptors (Lipinski definition) is 5. The molecule has 14 heavy (non-hydrogen) atoms. The monoisotopic (exact) mass is 223 g/mol. The third kappa shape index (κ3) is 3.16. The normalized spacial score (nSPS) is 34.7. The summed E-state index contributed by atoms with van der Waals surface area (Å²) in [4.78, 5) is 18.8. The van der Waals surface area contributed by atoms with Crippen molar-refractivity contribution in [1.82, 2.24) is 5.09 Å². The fourth-order valence-corrected chi connectivity index (χ4v) is 2.70. The SMILES string of the molecule is B[C@H]1CC(N[PH](O)(O)OC)[C@@H](CC)O1. The Labute approximate surface area is 85.8 Å². The minimum atomic E-state index is -3.66. The molecule has 0 aromatic heterocycles. The molecular weight excluding hydrogens is 204 g/mol. The molecule has 1 saturated heterocycles. The number of nitrogens with one attached hydrogen (secondary N) is 1. The molecule has 0 aliphatic carbocycles. The second-order valence-corrected chi connectivity index (χ2v) is 5.61. The fraction of sp³-hybridized carbons (Fsp3) is 1.00. The molecule has 1 fully saturated rings. The van der Waals surface area contributed by atoms with Crippen molar-refractivity contribution in [2.75, 3.05) is 7.11 Å². The van der Waals surface area contributed by atoms with Gasteiger partial charge in [0.15, 0.2) is 0 Å². The van der Waals surface area contributed by atoms with Crippen molar-refractivity contribution >= 4 is 15.9 Å². The molecule has 1 heterocycles. The Balaban J connectivity index is 2.51. The molecule has 0 amide bonds. The number of ether oxygens (including phenoxy) is 1. The summed E-state index contributed by atoms with van der Waals surface area (Å²) in [5.41, 5.74) is 0. The van der Waals surface area contributed by atoms with E-state index in [1.807, 2.05) is 14.8 Å². The van der Waals surface area contributed by atoms with E-state index in [4.69, 9.17) is 4.74 Å². The molecule has 1 aliphatic heterocycles. The van der Waals surface area contributed by atoms with Gasteiger partial charge in [0, 0.05) is 0 Å². The summed E-state index contributed by atoms with van der Waals surface area (Å²) in [5, 5.41) is 2.74. The molecule has 1 rings (SSSR count). The summed E-state index contributed by atoms with van der Waals surface area (Å²) in [7, 11) is -0.388. The molecule has 7 heteroatoms. The van der Waals surface area contributed by atoms with E-state index in [-0.39, 0.29) is 18.1 Å². The van der Waals surface area contributed by atoms with Gasteiger partial charge in [-0.2, -0.15) is 0 Å². The molecule has 0 saturated carbocycles. The van der Waals surface area contributed by atoms with E-state index in [2.05, 4.69) is 9.61 Å². The van der Waals surface area contributed by atoms with Gasteiger partial charge in [0.2, 0.25) is 0 Å². The van der Waals surface area contributed by atoms with Crippen LogP contribution in [0.25, 0.3) is 0 Å². The summed E-state index contributed by atoms with van der Waals surface area (Å²) < 4.78 is 10.2. The third-order valence-corrected chi connectivity index (χ3v) is 3.82. The Hall–Kier alpha value is 0.295. The molecule has 5 nitrogen and oxygen atoms in total. The first kappa shape index (κ1) is 12.4. The van der Waals surface area contributed by atoms with Gasteiger partial charge in [-0.1, -0.05) is 0 Å². The van der Waals surface area contributed by atoms with Crippen LogP contribution >= 0.6 is 8.09 Å². The van der Waals surface area contributed by atoms with Gasteiger partial charge in [0.25, 0.3) is 0 Å². The first-order valence-electron chi connectivity index (χ1n) is 4.91. The standard InChI is InChI=1S/C7H19BNO4P/c1-3-6-5(4-7(8)13-6)9-14(10,11)12-2/h5-7,9-11,14H,3-4,8H2,1-2H3/t5?,6-,7-/m1/s1. The Morgan fingerprint density at radius 2 is 2.29 bits per heavy atom.